The highest BCUT2D eigenvalue weighted by atomic mass is 19.1. The van der Waals surface area contributed by atoms with Crippen LogP contribution in [0.4, 0.5) is 4.39 Å². The highest BCUT2D eigenvalue weighted by Gasteiger charge is 2.38. The van der Waals surface area contributed by atoms with Crippen LogP contribution < -0.4 is 5.56 Å². The first-order valence-electron chi connectivity index (χ1n) is 11.3. The number of nitrogens with one attached hydrogen (secondary N) is 1. The molecule has 2 heterocycles. The Bertz CT molecular complexity index is 1300. The molecule has 2 aromatic carbocycles. The van der Waals surface area contributed by atoms with Crippen LogP contribution in [0.25, 0.3) is 10.8 Å². The number of carbonyl (C=O) groups excluding carboxylic acids is 2. The Balaban J connectivity index is 1.36. The number of hydrogen-bond donors (Lipinski definition) is 1. The van der Waals surface area contributed by atoms with Crippen molar-refractivity contribution in [3.05, 3.63) is 75.5 Å². The normalized spacial score (nSPS) is 18.5. The molecule has 1 aliphatic heterocycles. The minimum atomic E-state index is -0.577. The molecule has 1 atom stereocenters. The van der Waals surface area contributed by atoms with Gasteiger partial charge in [-0.05, 0) is 43.5 Å². The second-order valence-electron chi connectivity index (χ2n) is 8.94. The van der Waals surface area contributed by atoms with Gasteiger partial charge >= 0.3 is 0 Å². The van der Waals surface area contributed by atoms with Crippen LogP contribution in [0, 0.1) is 11.7 Å². The second kappa shape index (κ2) is 8.42. The number of carbonyl (C=O) groups is 2. The summed E-state index contributed by atoms with van der Waals surface area (Å²) in [6.45, 7) is 3.17. The van der Waals surface area contributed by atoms with Crippen molar-refractivity contribution in [3.63, 3.8) is 0 Å². The number of aromatic nitrogens is 2. The molecule has 0 bridgehead atoms. The van der Waals surface area contributed by atoms with E-state index in [4.69, 9.17) is 0 Å². The minimum Gasteiger partial charge on any atom is -0.336 e. The van der Waals surface area contributed by atoms with Gasteiger partial charge in [-0.3, -0.25) is 14.4 Å². The summed E-state index contributed by atoms with van der Waals surface area (Å²) in [6.07, 6.45) is 2.24. The zero-order chi connectivity index (χ0) is 23.1. The van der Waals surface area contributed by atoms with Crippen LogP contribution in [-0.4, -0.2) is 57.5 Å². The van der Waals surface area contributed by atoms with Gasteiger partial charge in [0.15, 0.2) is 0 Å². The smallest absolute Gasteiger partial charge is 0.272 e. The summed E-state index contributed by atoms with van der Waals surface area (Å²) in [4.78, 5) is 41.1. The van der Waals surface area contributed by atoms with E-state index in [0.29, 0.717) is 37.1 Å². The van der Waals surface area contributed by atoms with Crippen LogP contribution in [0.3, 0.4) is 0 Å². The number of aromatic amines is 1. The van der Waals surface area contributed by atoms with Gasteiger partial charge in [-0.15, -0.1) is 0 Å². The highest BCUT2D eigenvalue weighted by Crippen LogP contribution is 2.32. The van der Waals surface area contributed by atoms with Crippen LogP contribution in [0.1, 0.15) is 41.4 Å². The lowest BCUT2D eigenvalue weighted by atomic mass is 10.0. The first kappa shape index (κ1) is 21.3. The van der Waals surface area contributed by atoms with Crippen LogP contribution in [0.15, 0.2) is 47.3 Å². The van der Waals surface area contributed by atoms with Crippen molar-refractivity contribution in [2.75, 3.05) is 19.6 Å². The average molecular weight is 448 g/mol. The van der Waals surface area contributed by atoms with Gasteiger partial charge in [-0.25, -0.2) is 9.49 Å². The van der Waals surface area contributed by atoms with Crippen molar-refractivity contribution >= 4 is 22.6 Å². The van der Waals surface area contributed by atoms with E-state index < -0.39 is 5.82 Å². The molecule has 1 saturated carbocycles. The number of benzene rings is 2. The van der Waals surface area contributed by atoms with Gasteiger partial charge in [0.25, 0.3) is 11.5 Å². The SMILES string of the molecule is CC1CN(C(=O)c2cc(Cc3n[nH]c(=O)c4ccccc34)ccc2F)CCN1C(=O)C1CC1. The molecule has 1 saturated heterocycles. The predicted octanol–water partition coefficient (Wildman–Crippen LogP) is 2.74. The Morgan fingerprint density at radius 3 is 2.61 bits per heavy atom. The third-order valence-electron chi connectivity index (χ3n) is 6.53. The number of rotatable bonds is 4. The number of hydrogen-bond acceptors (Lipinski definition) is 4. The fourth-order valence-corrected chi connectivity index (χ4v) is 4.55. The molecule has 7 nitrogen and oxygen atoms in total. The van der Waals surface area contributed by atoms with Crippen molar-refractivity contribution in [2.45, 2.75) is 32.2 Å². The van der Waals surface area contributed by atoms with Crippen molar-refractivity contribution < 1.29 is 14.0 Å². The Kier molecular flexibility index (Phi) is 5.44. The average Bonchev–Trinajstić information content (AvgIpc) is 3.67. The van der Waals surface area contributed by atoms with E-state index in [1.54, 1.807) is 29.2 Å². The maximum Gasteiger partial charge on any atom is 0.272 e. The van der Waals surface area contributed by atoms with E-state index in [1.807, 2.05) is 24.0 Å². The number of fused-ring (bicyclic) bond motifs is 1. The van der Waals surface area contributed by atoms with Crippen LogP contribution >= 0.6 is 0 Å². The lowest BCUT2D eigenvalue weighted by Crippen LogP contribution is -2.55. The minimum absolute atomic E-state index is 0.00963. The Hall–Kier alpha value is -3.55. The highest BCUT2D eigenvalue weighted by molar-refractivity contribution is 5.95. The topological polar surface area (TPSA) is 86.4 Å². The van der Waals surface area contributed by atoms with E-state index >= 15 is 0 Å². The van der Waals surface area contributed by atoms with Crippen LogP contribution in [0.5, 0.6) is 0 Å². The molecular formula is C25H25FN4O3. The van der Waals surface area contributed by atoms with Crippen molar-refractivity contribution in [3.8, 4) is 0 Å². The molecule has 1 N–H and O–H groups in total. The molecule has 170 valence electrons. The summed E-state index contributed by atoms with van der Waals surface area (Å²) in [5.41, 5.74) is 1.12. The monoisotopic (exact) mass is 448 g/mol. The van der Waals surface area contributed by atoms with Gasteiger partial charge < -0.3 is 9.80 Å². The molecule has 1 aliphatic carbocycles. The second-order valence-corrected chi connectivity index (χ2v) is 8.94. The number of halogens is 1. The molecule has 1 unspecified atom stereocenters. The summed E-state index contributed by atoms with van der Waals surface area (Å²) >= 11 is 0. The van der Waals surface area contributed by atoms with Crippen molar-refractivity contribution in [1.29, 1.82) is 0 Å². The number of piperazine rings is 1. The van der Waals surface area contributed by atoms with Gasteiger partial charge in [0.2, 0.25) is 5.91 Å². The van der Waals surface area contributed by atoms with Gasteiger partial charge in [0.05, 0.1) is 16.6 Å². The van der Waals surface area contributed by atoms with E-state index in [0.717, 1.165) is 23.8 Å². The van der Waals surface area contributed by atoms with E-state index in [1.165, 1.54) is 6.07 Å². The molecular weight excluding hydrogens is 423 g/mol. The van der Waals surface area contributed by atoms with Gasteiger partial charge in [0, 0.05) is 43.4 Å². The molecule has 5 rings (SSSR count). The first-order valence-corrected chi connectivity index (χ1v) is 11.3. The quantitative estimate of drug-likeness (QED) is 0.665. The third kappa shape index (κ3) is 4.13. The summed E-state index contributed by atoms with van der Waals surface area (Å²) in [5, 5.41) is 7.95. The van der Waals surface area contributed by atoms with Gasteiger partial charge in [-0.1, -0.05) is 24.3 Å². The van der Waals surface area contributed by atoms with Crippen LogP contribution in [-0.2, 0) is 11.2 Å². The molecule has 0 spiro atoms. The Labute approximate surface area is 190 Å². The molecule has 2 amide bonds. The lowest BCUT2D eigenvalue weighted by Gasteiger charge is -2.40. The van der Waals surface area contributed by atoms with Crippen molar-refractivity contribution in [2.24, 2.45) is 5.92 Å². The first-order chi connectivity index (χ1) is 15.9. The molecule has 8 heteroatoms. The van der Waals surface area contributed by atoms with E-state index in [9.17, 15) is 18.8 Å². The predicted molar refractivity (Wildman–Crippen MR) is 121 cm³/mol. The molecule has 2 aliphatic rings. The maximum absolute atomic E-state index is 14.7. The largest absolute Gasteiger partial charge is 0.336 e. The molecule has 2 fully saturated rings. The Morgan fingerprint density at radius 2 is 1.88 bits per heavy atom. The summed E-state index contributed by atoms with van der Waals surface area (Å²) in [6, 6.07) is 11.6. The molecule has 1 aromatic heterocycles. The summed E-state index contributed by atoms with van der Waals surface area (Å²) in [7, 11) is 0. The molecule has 0 radical (unpaired) electrons. The zero-order valence-corrected chi connectivity index (χ0v) is 18.4. The lowest BCUT2D eigenvalue weighted by molar-refractivity contribution is -0.136. The number of H-pyrrole nitrogens is 1. The summed E-state index contributed by atoms with van der Waals surface area (Å²) < 4.78 is 14.7. The summed E-state index contributed by atoms with van der Waals surface area (Å²) in [5.74, 6) is -0.643. The molecule has 33 heavy (non-hydrogen) atoms. The van der Waals surface area contributed by atoms with Crippen molar-refractivity contribution in [1.82, 2.24) is 20.0 Å². The maximum atomic E-state index is 14.7. The fraction of sp³-hybridized carbons (Fsp3) is 0.360. The van der Waals surface area contributed by atoms with E-state index in [2.05, 4.69) is 10.2 Å². The van der Waals surface area contributed by atoms with Gasteiger partial charge in [0.1, 0.15) is 5.82 Å². The Morgan fingerprint density at radius 1 is 1.12 bits per heavy atom. The number of nitrogens with zero attached hydrogens (tertiary/aromatic N) is 3. The number of amides is 2. The van der Waals surface area contributed by atoms with E-state index in [-0.39, 0.29) is 34.9 Å². The molecule has 3 aromatic rings. The third-order valence-corrected chi connectivity index (χ3v) is 6.53. The standard InChI is InChI=1S/C25H25FN4O3/c1-15-14-29(10-11-30(15)24(32)17-7-8-17)25(33)20-12-16(6-9-21(20)26)13-22-18-4-2-3-5-19(18)23(31)28-27-22/h2-6,9,12,15,17H,7-8,10-11,13-14H2,1H3,(H,28,31). The van der Waals surface area contributed by atoms with Gasteiger partial charge in [-0.2, -0.15) is 5.10 Å². The fourth-order valence-electron chi connectivity index (χ4n) is 4.55. The zero-order valence-electron chi connectivity index (χ0n) is 18.4. The van der Waals surface area contributed by atoms with Crippen LogP contribution in [0.2, 0.25) is 0 Å².